The van der Waals surface area contributed by atoms with Gasteiger partial charge in [-0.15, -0.1) is 0 Å². The molecule has 0 bridgehead atoms. The van der Waals surface area contributed by atoms with Gasteiger partial charge in [-0.3, -0.25) is 9.69 Å². The number of hydrogen-bond acceptors (Lipinski definition) is 2. The number of likely N-dealkylation sites (N-methyl/N-ethyl adjacent to an activating group) is 1. The van der Waals surface area contributed by atoms with E-state index < -0.39 is 0 Å². The van der Waals surface area contributed by atoms with Crippen LogP contribution in [0.15, 0.2) is 0 Å². The van der Waals surface area contributed by atoms with Crippen LogP contribution in [0.1, 0.15) is 59.8 Å². The first-order valence-electron chi connectivity index (χ1n) is 7.58. The molecule has 0 aromatic carbocycles. The molecule has 1 aliphatic rings. The summed E-state index contributed by atoms with van der Waals surface area (Å²) in [5.41, 5.74) is 0. The van der Waals surface area contributed by atoms with E-state index in [9.17, 15) is 4.79 Å². The van der Waals surface area contributed by atoms with Crippen molar-refractivity contribution >= 4 is 5.91 Å². The summed E-state index contributed by atoms with van der Waals surface area (Å²) in [6, 6.07) is 0.895. The maximum atomic E-state index is 12.0. The Morgan fingerprint density at radius 2 is 1.83 bits per heavy atom. The molecule has 1 atom stereocenters. The average molecular weight is 254 g/mol. The van der Waals surface area contributed by atoms with E-state index in [4.69, 9.17) is 0 Å². The third kappa shape index (κ3) is 4.97. The van der Waals surface area contributed by atoms with Gasteiger partial charge in [-0.05, 0) is 32.2 Å². The molecule has 1 N–H and O–H groups in total. The maximum absolute atomic E-state index is 12.0. The van der Waals surface area contributed by atoms with E-state index in [1.807, 2.05) is 0 Å². The van der Waals surface area contributed by atoms with Crippen LogP contribution in [0.3, 0.4) is 0 Å². The second kappa shape index (κ2) is 7.78. The molecule has 1 unspecified atom stereocenters. The average Bonchev–Trinajstić information content (AvgIpc) is 2.36. The zero-order valence-corrected chi connectivity index (χ0v) is 12.5. The summed E-state index contributed by atoms with van der Waals surface area (Å²) < 4.78 is 0. The quantitative estimate of drug-likeness (QED) is 0.790. The minimum Gasteiger partial charge on any atom is -0.352 e. The molecule has 1 fully saturated rings. The molecule has 0 saturated heterocycles. The van der Waals surface area contributed by atoms with Gasteiger partial charge in [0.25, 0.3) is 0 Å². The number of carbonyl (C=O) groups excluding carboxylic acids is 1. The van der Waals surface area contributed by atoms with Crippen molar-refractivity contribution in [3.8, 4) is 0 Å². The highest BCUT2D eigenvalue weighted by Crippen LogP contribution is 2.22. The van der Waals surface area contributed by atoms with Crippen molar-refractivity contribution < 1.29 is 4.79 Å². The molecule has 106 valence electrons. The molecule has 18 heavy (non-hydrogen) atoms. The van der Waals surface area contributed by atoms with Crippen molar-refractivity contribution in [1.29, 1.82) is 0 Å². The Kier molecular flexibility index (Phi) is 6.69. The van der Waals surface area contributed by atoms with Crippen LogP contribution in [0, 0.1) is 5.92 Å². The summed E-state index contributed by atoms with van der Waals surface area (Å²) in [5, 5.41) is 3.10. The summed E-state index contributed by atoms with van der Waals surface area (Å²) in [7, 11) is 0. The fourth-order valence-electron chi connectivity index (χ4n) is 2.60. The van der Waals surface area contributed by atoms with Crippen molar-refractivity contribution in [3.05, 3.63) is 0 Å². The number of amides is 1. The Morgan fingerprint density at radius 3 is 2.33 bits per heavy atom. The van der Waals surface area contributed by atoms with Crippen molar-refractivity contribution in [2.45, 2.75) is 71.9 Å². The van der Waals surface area contributed by atoms with E-state index in [0.29, 0.717) is 18.5 Å². The molecular formula is C15H30N2O. The monoisotopic (exact) mass is 254 g/mol. The second-order valence-electron chi connectivity index (χ2n) is 5.96. The number of nitrogens with one attached hydrogen (secondary N) is 1. The zero-order chi connectivity index (χ0) is 13.5. The van der Waals surface area contributed by atoms with Gasteiger partial charge in [0.2, 0.25) is 5.91 Å². The molecule has 1 rings (SSSR count). The van der Waals surface area contributed by atoms with E-state index in [-0.39, 0.29) is 11.9 Å². The molecule has 0 spiro atoms. The van der Waals surface area contributed by atoms with Crippen molar-refractivity contribution in [1.82, 2.24) is 10.2 Å². The Balaban J connectivity index is 2.39. The van der Waals surface area contributed by atoms with E-state index >= 15 is 0 Å². The summed E-state index contributed by atoms with van der Waals surface area (Å²) in [5.74, 6) is 0.683. The van der Waals surface area contributed by atoms with Gasteiger partial charge >= 0.3 is 0 Å². The largest absolute Gasteiger partial charge is 0.352 e. The van der Waals surface area contributed by atoms with Crippen LogP contribution in [-0.2, 0) is 4.79 Å². The third-order valence-corrected chi connectivity index (χ3v) is 4.23. The van der Waals surface area contributed by atoms with Crippen molar-refractivity contribution in [3.63, 3.8) is 0 Å². The van der Waals surface area contributed by atoms with Crippen LogP contribution in [-0.4, -0.2) is 36.0 Å². The number of rotatable bonds is 6. The topological polar surface area (TPSA) is 32.3 Å². The van der Waals surface area contributed by atoms with Crippen LogP contribution >= 0.6 is 0 Å². The van der Waals surface area contributed by atoms with Gasteiger partial charge in [0, 0.05) is 12.1 Å². The Morgan fingerprint density at radius 1 is 1.22 bits per heavy atom. The van der Waals surface area contributed by atoms with E-state index in [1.54, 1.807) is 0 Å². The van der Waals surface area contributed by atoms with E-state index in [2.05, 4.69) is 37.9 Å². The SMILES string of the molecule is CCN(CC(=O)NC(C)C(C)C)C1CCCCC1. The highest BCUT2D eigenvalue weighted by molar-refractivity contribution is 5.78. The first-order valence-corrected chi connectivity index (χ1v) is 7.58. The van der Waals surface area contributed by atoms with Crippen LogP contribution in [0.2, 0.25) is 0 Å². The lowest BCUT2D eigenvalue weighted by molar-refractivity contribution is -0.123. The van der Waals surface area contributed by atoms with E-state index in [1.165, 1.54) is 32.1 Å². The highest BCUT2D eigenvalue weighted by atomic mass is 16.2. The molecule has 0 heterocycles. The highest BCUT2D eigenvalue weighted by Gasteiger charge is 2.22. The first-order chi connectivity index (χ1) is 8.54. The van der Waals surface area contributed by atoms with Crippen molar-refractivity contribution in [2.24, 2.45) is 5.92 Å². The summed E-state index contributed by atoms with van der Waals surface area (Å²) >= 11 is 0. The molecule has 3 nitrogen and oxygen atoms in total. The molecule has 1 aliphatic carbocycles. The third-order valence-electron chi connectivity index (χ3n) is 4.23. The number of hydrogen-bond donors (Lipinski definition) is 1. The van der Waals surface area contributed by atoms with Gasteiger partial charge in [-0.2, -0.15) is 0 Å². The van der Waals surface area contributed by atoms with Crippen LogP contribution < -0.4 is 5.32 Å². The second-order valence-corrected chi connectivity index (χ2v) is 5.96. The lowest BCUT2D eigenvalue weighted by Crippen LogP contribution is -2.46. The molecule has 0 aromatic heterocycles. The Labute approximate surface area is 112 Å². The minimum atomic E-state index is 0.184. The van der Waals surface area contributed by atoms with Gasteiger partial charge in [0.15, 0.2) is 0 Å². The van der Waals surface area contributed by atoms with Crippen LogP contribution in [0.25, 0.3) is 0 Å². The number of nitrogens with zero attached hydrogens (tertiary/aromatic N) is 1. The fraction of sp³-hybridized carbons (Fsp3) is 0.933. The first kappa shape index (κ1) is 15.5. The van der Waals surface area contributed by atoms with Crippen molar-refractivity contribution in [2.75, 3.05) is 13.1 Å². The lowest BCUT2D eigenvalue weighted by Gasteiger charge is -2.33. The fourth-order valence-corrected chi connectivity index (χ4v) is 2.60. The van der Waals surface area contributed by atoms with Crippen LogP contribution in [0.5, 0.6) is 0 Å². The van der Waals surface area contributed by atoms with Gasteiger partial charge in [-0.25, -0.2) is 0 Å². The van der Waals surface area contributed by atoms with Gasteiger partial charge in [-0.1, -0.05) is 40.0 Å². The smallest absolute Gasteiger partial charge is 0.234 e. The van der Waals surface area contributed by atoms with Crippen LogP contribution in [0.4, 0.5) is 0 Å². The normalized spacial score (nSPS) is 19.2. The Hall–Kier alpha value is -0.570. The molecule has 1 saturated carbocycles. The van der Waals surface area contributed by atoms with Gasteiger partial charge < -0.3 is 5.32 Å². The molecule has 0 aromatic rings. The summed E-state index contributed by atoms with van der Waals surface area (Å²) in [6.07, 6.45) is 6.54. The minimum absolute atomic E-state index is 0.184. The van der Waals surface area contributed by atoms with Gasteiger partial charge in [0.05, 0.1) is 6.54 Å². The Bertz CT molecular complexity index is 247. The molecule has 0 aliphatic heterocycles. The standard InChI is InChI=1S/C15H30N2O/c1-5-17(14-9-7-6-8-10-14)11-15(18)16-13(4)12(2)3/h12-14H,5-11H2,1-4H3,(H,16,18). The predicted octanol–water partition coefficient (Wildman–Crippen LogP) is 2.80. The zero-order valence-electron chi connectivity index (χ0n) is 12.5. The summed E-state index contributed by atoms with van der Waals surface area (Å²) in [6.45, 7) is 10.1. The summed E-state index contributed by atoms with van der Waals surface area (Å²) in [4.78, 5) is 14.4. The molecule has 3 heteroatoms. The number of carbonyl (C=O) groups is 1. The molecule has 1 amide bonds. The maximum Gasteiger partial charge on any atom is 0.234 e. The molecular weight excluding hydrogens is 224 g/mol. The van der Waals surface area contributed by atoms with Gasteiger partial charge in [0.1, 0.15) is 0 Å². The predicted molar refractivity (Wildman–Crippen MR) is 76.6 cm³/mol. The lowest BCUT2D eigenvalue weighted by atomic mass is 9.94. The molecule has 0 radical (unpaired) electrons. The van der Waals surface area contributed by atoms with E-state index in [0.717, 1.165) is 6.54 Å².